The van der Waals surface area contributed by atoms with Gasteiger partial charge in [-0.25, -0.2) is 0 Å². The smallest absolute Gasteiger partial charge is 0.238 e. The number of para-hydroxylation sites is 2. The van der Waals surface area contributed by atoms with E-state index in [1.54, 1.807) is 12.1 Å². The Labute approximate surface area is 143 Å². The van der Waals surface area contributed by atoms with Gasteiger partial charge >= 0.3 is 0 Å². The molecule has 1 aromatic carbocycles. The van der Waals surface area contributed by atoms with Gasteiger partial charge in [-0.1, -0.05) is 24.3 Å². The molecule has 1 rings (SSSR count). The fourth-order valence-electron chi connectivity index (χ4n) is 1.99. The largest absolute Gasteiger partial charge is 0.397 e. The highest BCUT2D eigenvalue weighted by atomic mass is 16.2. The molecule has 0 aliphatic rings. The predicted octanol–water partition coefficient (Wildman–Crippen LogP) is 2.17. The Hall–Kier alpha value is -2.60. The van der Waals surface area contributed by atoms with E-state index in [1.165, 1.54) is 0 Å². The number of anilines is 2. The van der Waals surface area contributed by atoms with Crippen molar-refractivity contribution < 1.29 is 9.59 Å². The molecule has 0 spiro atoms. The van der Waals surface area contributed by atoms with E-state index in [-0.39, 0.29) is 18.4 Å². The number of nitrogen functional groups attached to an aromatic ring is 1. The van der Waals surface area contributed by atoms with Crippen LogP contribution in [0, 0.1) is 0 Å². The number of amides is 2. The summed E-state index contributed by atoms with van der Waals surface area (Å²) in [6, 6.07) is 7.14. The van der Waals surface area contributed by atoms with Crippen molar-refractivity contribution in [3.63, 3.8) is 0 Å². The number of nitrogens with two attached hydrogens (primary N) is 1. The minimum absolute atomic E-state index is 0.0940. The summed E-state index contributed by atoms with van der Waals surface area (Å²) in [6.07, 6.45) is 6.52. The van der Waals surface area contributed by atoms with Crippen LogP contribution in [0.5, 0.6) is 0 Å². The third-order valence-corrected chi connectivity index (χ3v) is 3.22. The molecule has 0 saturated heterocycles. The Kier molecular flexibility index (Phi) is 8.93. The molecule has 130 valence electrons. The Bertz CT molecular complexity index is 609. The van der Waals surface area contributed by atoms with Crippen molar-refractivity contribution in [2.45, 2.75) is 26.7 Å². The van der Waals surface area contributed by atoms with E-state index >= 15 is 0 Å². The molecular formula is C18H26N4O2. The van der Waals surface area contributed by atoms with Crippen LogP contribution in [0.3, 0.4) is 0 Å². The molecular weight excluding hydrogens is 304 g/mol. The lowest BCUT2D eigenvalue weighted by Gasteiger charge is -2.09. The van der Waals surface area contributed by atoms with Crippen LogP contribution >= 0.6 is 0 Å². The molecule has 0 aromatic heterocycles. The summed E-state index contributed by atoms with van der Waals surface area (Å²) in [4.78, 5) is 23.6. The van der Waals surface area contributed by atoms with E-state index in [0.29, 0.717) is 30.8 Å². The second kappa shape index (κ2) is 11.0. The lowest BCUT2D eigenvalue weighted by molar-refractivity contribution is -0.119. The first kappa shape index (κ1) is 19.4. The molecule has 0 bridgehead atoms. The van der Waals surface area contributed by atoms with Gasteiger partial charge < -0.3 is 21.7 Å². The fourth-order valence-corrected chi connectivity index (χ4v) is 1.99. The number of hydrogen-bond acceptors (Lipinski definition) is 4. The molecule has 2 amide bonds. The van der Waals surface area contributed by atoms with Gasteiger partial charge in [0.2, 0.25) is 11.8 Å². The maximum atomic E-state index is 11.8. The summed E-state index contributed by atoms with van der Waals surface area (Å²) in [5, 5.41) is 8.58. The number of nitrogens with one attached hydrogen (secondary N) is 3. The quantitative estimate of drug-likeness (QED) is 0.317. The lowest BCUT2D eigenvalue weighted by Crippen LogP contribution is -2.33. The molecule has 0 atom stereocenters. The molecule has 1 aromatic rings. The van der Waals surface area contributed by atoms with Crippen LogP contribution in [0.4, 0.5) is 11.4 Å². The minimum atomic E-state index is -0.109. The highest BCUT2D eigenvalue weighted by Crippen LogP contribution is 2.16. The molecule has 24 heavy (non-hydrogen) atoms. The van der Waals surface area contributed by atoms with Crippen LogP contribution in [0.15, 0.2) is 48.2 Å². The molecule has 0 unspecified atom stereocenters. The SMILES string of the molecule is C/C=C\C(=C/C)NC(=O)CNCCCC(=O)Nc1ccccc1N. The van der Waals surface area contributed by atoms with Crippen molar-refractivity contribution in [3.05, 3.63) is 48.2 Å². The van der Waals surface area contributed by atoms with Crippen molar-refractivity contribution >= 4 is 23.2 Å². The zero-order valence-corrected chi connectivity index (χ0v) is 14.3. The fraction of sp³-hybridized carbons (Fsp3) is 0.333. The summed E-state index contributed by atoms with van der Waals surface area (Å²) in [6.45, 7) is 4.55. The highest BCUT2D eigenvalue weighted by molar-refractivity contribution is 5.93. The van der Waals surface area contributed by atoms with Gasteiger partial charge in [0.05, 0.1) is 17.9 Å². The molecule has 0 heterocycles. The molecule has 6 heteroatoms. The highest BCUT2D eigenvalue weighted by Gasteiger charge is 2.05. The predicted molar refractivity (Wildman–Crippen MR) is 98.3 cm³/mol. The topological polar surface area (TPSA) is 96.2 Å². The average Bonchev–Trinajstić information content (AvgIpc) is 2.56. The first-order valence-corrected chi connectivity index (χ1v) is 8.00. The van der Waals surface area contributed by atoms with Crippen LogP contribution in [-0.2, 0) is 9.59 Å². The van der Waals surface area contributed by atoms with E-state index in [1.807, 2.05) is 44.2 Å². The number of rotatable bonds is 9. The van der Waals surface area contributed by atoms with E-state index < -0.39 is 0 Å². The minimum Gasteiger partial charge on any atom is -0.397 e. The second-order valence-corrected chi connectivity index (χ2v) is 5.21. The van der Waals surface area contributed by atoms with Gasteiger partial charge in [0.25, 0.3) is 0 Å². The van der Waals surface area contributed by atoms with Crippen molar-refractivity contribution in [3.8, 4) is 0 Å². The molecule has 0 saturated carbocycles. The first-order chi connectivity index (χ1) is 11.6. The normalized spacial score (nSPS) is 11.5. The molecule has 0 aliphatic heterocycles. The Morgan fingerprint density at radius 1 is 1.17 bits per heavy atom. The van der Waals surface area contributed by atoms with Gasteiger partial charge in [0.1, 0.15) is 0 Å². The standard InChI is InChI=1S/C18H26N4O2/c1-3-8-14(4-2)21-18(24)13-20-12-7-11-17(23)22-16-10-6-5-9-15(16)19/h3-6,8-10,20H,7,11-13,19H2,1-2H3,(H,21,24)(H,22,23)/b8-3-,14-4+. The average molecular weight is 330 g/mol. The van der Waals surface area contributed by atoms with Crippen LogP contribution in [0.1, 0.15) is 26.7 Å². The first-order valence-electron chi connectivity index (χ1n) is 8.00. The Balaban J connectivity index is 2.18. The molecule has 6 nitrogen and oxygen atoms in total. The van der Waals surface area contributed by atoms with E-state index in [9.17, 15) is 9.59 Å². The summed E-state index contributed by atoms with van der Waals surface area (Å²) in [5.41, 5.74) is 7.70. The van der Waals surface area contributed by atoms with Gasteiger partial charge in [-0.15, -0.1) is 0 Å². The zero-order valence-electron chi connectivity index (χ0n) is 14.3. The number of hydrogen-bond donors (Lipinski definition) is 4. The van der Waals surface area contributed by atoms with Crippen LogP contribution in [0.25, 0.3) is 0 Å². The monoisotopic (exact) mass is 330 g/mol. The Morgan fingerprint density at radius 2 is 1.92 bits per heavy atom. The van der Waals surface area contributed by atoms with Crippen LogP contribution in [-0.4, -0.2) is 24.9 Å². The van der Waals surface area contributed by atoms with Crippen molar-refractivity contribution in [1.82, 2.24) is 10.6 Å². The summed E-state index contributed by atoms with van der Waals surface area (Å²) in [7, 11) is 0. The van der Waals surface area contributed by atoms with Crippen LogP contribution in [0.2, 0.25) is 0 Å². The van der Waals surface area contributed by atoms with E-state index in [0.717, 1.165) is 5.70 Å². The maximum Gasteiger partial charge on any atom is 0.238 e. The zero-order chi connectivity index (χ0) is 17.8. The lowest BCUT2D eigenvalue weighted by atomic mass is 10.2. The molecule has 0 fully saturated rings. The maximum absolute atomic E-state index is 11.8. The number of benzene rings is 1. The number of carbonyl (C=O) groups is 2. The number of carbonyl (C=O) groups excluding carboxylic acids is 2. The van der Waals surface area contributed by atoms with Crippen LogP contribution < -0.4 is 21.7 Å². The third-order valence-electron chi connectivity index (χ3n) is 3.22. The number of allylic oxidation sites excluding steroid dienone is 3. The summed E-state index contributed by atoms with van der Waals surface area (Å²) in [5.74, 6) is -0.203. The molecule has 0 radical (unpaired) electrons. The van der Waals surface area contributed by atoms with Crippen molar-refractivity contribution in [1.29, 1.82) is 0 Å². The van der Waals surface area contributed by atoms with E-state index in [4.69, 9.17) is 5.73 Å². The Morgan fingerprint density at radius 3 is 2.58 bits per heavy atom. The second-order valence-electron chi connectivity index (χ2n) is 5.21. The summed E-state index contributed by atoms with van der Waals surface area (Å²) >= 11 is 0. The van der Waals surface area contributed by atoms with E-state index in [2.05, 4.69) is 16.0 Å². The third kappa shape index (κ3) is 7.60. The van der Waals surface area contributed by atoms with Gasteiger partial charge in [-0.2, -0.15) is 0 Å². The molecule has 5 N–H and O–H groups in total. The van der Waals surface area contributed by atoms with Gasteiger partial charge in [-0.3, -0.25) is 9.59 Å². The van der Waals surface area contributed by atoms with Gasteiger partial charge in [0, 0.05) is 12.1 Å². The van der Waals surface area contributed by atoms with Crippen molar-refractivity contribution in [2.75, 3.05) is 24.1 Å². The van der Waals surface area contributed by atoms with Gasteiger partial charge in [0.15, 0.2) is 0 Å². The van der Waals surface area contributed by atoms with Gasteiger partial charge in [-0.05, 0) is 45.0 Å². The molecule has 0 aliphatic carbocycles. The summed E-state index contributed by atoms with van der Waals surface area (Å²) < 4.78 is 0. The van der Waals surface area contributed by atoms with Crippen molar-refractivity contribution in [2.24, 2.45) is 0 Å².